The van der Waals surface area contributed by atoms with Crippen molar-refractivity contribution in [3.05, 3.63) is 30.1 Å². The summed E-state index contributed by atoms with van der Waals surface area (Å²) in [6, 6.07) is 5.69. The molecule has 0 aliphatic carbocycles. The molecule has 0 fully saturated rings. The van der Waals surface area contributed by atoms with Crippen LogP contribution in [-0.2, 0) is 16.6 Å². The van der Waals surface area contributed by atoms with E-state index in [1.807, 2.05) is 39.0 Å². The molecule has 2 nitrogen and oxygen atoms in total. The summed E-state index contributed by atoms with van der Waals surface area (Å²) in [5, 5.41) is 0. The molecule has 0 aliphatic heterocycles. The van der Waals surface area contributed by atoms with E-state index in [2.05, 4.69) is 4.98 Å². The summed E-state index contributed by atoms with van der Waals surface area (Å²) >= 11 is 0. The first-order valence-corrected chi connectivity index (χ1v) is 5.60. The van der Waals surface area contributed by atoms with Gasteiger partial charge in [0.05, 0.1) is 11.4 Å². The van der Waals surface area contributed by atoms with Crippen molar-refractivity contribution in [1.29, 1.82) is 0 Å². The minimum atomic E-state index is -0.851. The third-order valence-corrected chi connectivity index (χ3v) is 3.61. The van der Waals surface area contributed by atoms with Gasteiger partial charge in [0.2, 0.25) is 0 Å². The maximum atomic E-state index is 11.7. The standard InChI is InChI=1S/C10H15NOS/c1-10(2,3)13(12)8-9-6-4-5-7-11-9/h4-7H,8H2,1-3H3. The quantitative estimate of drug-likeness (QED) is 0.727. The zero-order chi connectivity index (χ0) is 9.90. The van der Waals surface area contributed by atoms with Gasteiger partial charge in [-0.1, -0.05) is 6.07 Å². The van der Waals surface area contributed by atoms with Gasteiger partial charge in [-0.25, -0.2) is 0 Å². The summed E-state index contributed by atoms with van der Waals surface area (Å²) in [5.41, 5.74) is 0.899. The summed E-state index contributed by atoms with van der Waals surface area (Å²) < 4.78 is 11.5. The maximum absolute atomic E-state index is 11.7. The first-order chi connectivity index (χ1) is 6.00. The van der Waals surface area contributed by atoms with Gasteiger partial charge in [0.15, 0.2) is 0 Å². The molecule has 3 heteroatoms. The van der Waals surface area contributed by atoms with E-state index in [9.17, 15) is 4.21 Å². The van der Waals surface area contributed by atoms with Crippen LogP contribution in [0, 0.1) is 0 Å². The molecule has 72 valence electrons. The van der Waals surface area contributed by atoms with Gasteiger partial charge in [-0.3, -0.25) is 9.19 Å². The summed E-state index contributed by atoms with van der Waals surface area (Å²) in [7, 11) is -0.851. The third kappa shape index (κ3) is 3.27. The van der Waals surface area contributed by atoms with Crippen LogP contribution in [0.1, 0.15) is 26.5 Å². The number of hydrogen-bond acceptors (Lipinski definition) is 2. The van der Waals surface area contributed by atoms with Crippen molar-refractivity contribution in [1.82, 2.24) is 4.98 Å². The monoisotopic (exact) mass is 197 g/mol. The van der Waals surface area contributed by atoms with Gasteiger partial charge in [0.25, 0.3) is 0 Å². The van der Waals surface area contributed by atoms with E-state index >= 15 is 0 Å². The topological polar surface area (TPSA) is 30.0 Å². The lowest BCUT2D eigenvalue weighted by molar-refractivity contribution is 0.647. The molecule has 0 saturated carbocycles. The van der Waals surface area contributed by atoms with Crippen LogP contribution in [0.5, 0.6) is 0 Å². The number of hydrogen-bond donors (Lipinski definition) is 0. The molecule has 0 N–H and O–H groups in total. The van der Waals surface area contributed by atoms with E-state index in [1.165, 1.54) is 0 Å². The predicted molar refractivity (Wildman–Crippen MR) is 55.8 cm³/mol. The van der Waals surface area contributed by atoms with E-state index in [1.54, 1.807) is 6.20 Å². The van der Waals surface area contributed by atoms with Crippen LogP contribution in [0.2, 0.25) is 0 Å². The van der Waals surface area contributed by atoms with Crippen LogP contribution in [-0.4, -0.2) is 13.9 Å². The molecule has 0 radical (unpaired) electrons. The van der Waals surface area contributed by atoms with Crippen LogP contribution in [0.15, 0.2) is 24.4 Å². The largest absolute Gasteiger partial charge is 0.260 e. The Kier molecular flexibility index (Phi) is 3.20. The zero-order valence-corrected chi connectivity index (χ0v) is 9.10. The summed E-state index contributed by atoms with van der Waals surface area (Å²) in [5.74, 6) is 0.546. The van der Waals surface area contributed by atoms with Crippen molar-refractivity contribution >= 4 is 10.8 Å². The number of pyridine rings is 1. The molecule has 0 spiro atoms. The average molecular weight is 197 g/mol. The van der Waals surface area contributed by atoms with Gasteiger partial charge >= 0.3 is 0 Å². The first-order valence-electron chi connectivity index (χ1n) is 4.28. The Morgan fingerprint density at radius 2 is 2.08 bits per heavy atom. The Labute approximate surface area is 81.9 Å². The molecule has 0 aromatic carbocycles. The molecular weight excluding hydrogens is 182 g/mol. The van der Waals surface area contributed by atoms with E-state index in [-0.39, 0.29) is 4.75 Å². The van der Waals surface area contributed by atoms with Crippen LogP contribution < -0.4 is 0 Å². The number of nitrogens with zero attached hydrogens (tertiary/aromatic N) is 1. The Balaban J connectivity index is 2.66. The van der Waals surface area contributed by atoms with Crippen molar-refractivity contribution in [3.8, 4) is 0 Å². The lowest BCUT2D eigenvalue weighted by Gasteiger charge is -2.16. The average Bonchev–Trinajstić information content (AvgIpc) is 2.04. The zero-order valence-electron chi connectivity index (χ0n) is 8.28. The van der Waals surface area contributed by atoms with E-state index in [0.29, 0.717) is 5.75 Å². The second-order valence-corrected chi connectivity index (χ2v) is 6.13. The van der Waals surface area contributed by atoms with E-state index < -0.39 is 10.8 Å². The van der Waals surface area contributed by atoms with Crippen molar-refractivity contribution in [2.24, 2.45) is 0 Å². The maximum Gasteiger partial charge on any atom is 0.0664 e. The second kappa shape index (κ2) is 4.01. The molecule has 0 saturated heterocycles. The first kappa shape index (κ1) is 10.4. The van der Waals surface area contributed by atoms with Crippen LogP contribution in [0.4, 0.5) is 0 Å². The minimum absolute atomic E-state index is 0.155. The van der Waals surface area contributed by atoms with Crippen LogP contribution in [0.3, 0.4) is 0 Å². The SMILES string of the molecule is CC(C)(C)S(=O)Cc1ccccn1. The van der Waals surface area contributed by atoms with Gasteiger partial charge in [0.1, 0.15) is 0 Å². The minimum Gasteiger partial charge on any atom is -0.260 e. The molecule has 13 heavy (non-hydrogen) atoms. The van der Waals surface area contributed by atoms with Crippen LogP contribution >= 0.6 is 0 Å². The second-order valence-electron chi connectivity index (χ2n) is 3.92. The van der Waals surface area contributed by atoms with Crippen molar-refractivity contribution < 1.29 is 4.21 Å². The van der Waals surface area contributed by atoms with Gasteiger partial charge in [0, 0.05) is 21.7 Å². The Bertz CT molecular complexity index is 290. The highest BCUT2D eigenvalue weighted by atomic mass is 32.2. The van der Waals surface area contributed by atoms with Gasteiger partial charge in [-0.05, 0) is 32.9 Å². The third-order valence-electron chi connectivity index (χ3n) is 1.69. The molecular formula is C10H15NOS. The van der Waals surface area contributed by atoms with Crippen molar-refractivity contribution in [2.45, 2.75) is 31.3 Å². The highest BCUT2D eigenvalue weighted by molar-refractivity contribution is 7.85. The van der Waals surface area contributed by atoms with E-state index in [4.69, 9.17) is 0 Å². The van der Waals surface area contributed by atoms with E-state index in [0.717, 1.165) is 5.69 Å². The normalized spacial score (nSPS) is 14.1. The highest BCUT2D eigenvalue weighted by Gasteiger charge is 2.19. The Morgan fingerprint density at radius 3 is 2.54 bits per heavy atom. The molecule has 0 aliphatic rings. The molecule has 1 unspecified atom stereocenters. The van der Waals surface area contributed by atoms with Gasteiger partial charge in [-0.2, -0.15) is 0 Å². The summed E-state index contributed by atoms with van der Waals surface area (Å²) in [4.78, 5) is 4.14. The molecule has 1 atom stereocenters. The molecule has 1 aromatic rings. The summed E-state index contributed by atoms with van der Waals surface area (Å²) in [6.07, 6.45) is 1.73. The predicted octanol–water partition coefficient (Wildman–Crippen LogP) is 2.13. The summed E-state index contributed by atoms with van der Waals surface area (Å²) in [6.45, 7) is 5.93. The van der Waals surface area contributed by atoms with Gasteiger partial charge in [-0.15, -0.1) is 0 Å². The molecule has 1 rings (SSSR count). The highest BCUT2D eigenvalue weighted by Crippen LogP contribution is 2.14. The lowest BCUT2D eigenvalue weighted by Crippen LogP contribution is -2.23. The van der Waals surface area contributed by atoms with Crippen LogP contribution in [0.25, 0.3) is 0 Å². The fraction of sp³-hybridized carbons (Fsp3) is 0.500. The fourth-order valence-corrected chi connectivity index (χ4v) is 1.71. The number of rotatable bonds is 2. The fourth-order valence-electron chi connectivity index (χ4n) is 0.834. The molecule has 1 heterocycles. The van der Waals surface area contributed by atoms with Gasteiger partial charge < -0.3 is 0 Å². The molecule has 1 aromatic heterocycles. The number of aromatic nitrogens is 1. The molecule has 0 amide bonds. The smallest absolute Gasteiger partial charge is 0.0664 e. The van der Waals surface area contributed by atoms with Crippen molar-refractivity contribution in [2.75, 3.05) is 0 Å². The van der Waals surface area contributed by atoms with Crippen molar-refractivity contribution in [3.63, 3.8) is 0 Å². The Hall–Kier alpha value is -0.700. The lowest BCUT2D eigenvalue weighted by atomic mass is 10.3. The Morgan fingerprint density at radius 1 is 1.38 bits per heavy atom. The molecule has 0 bridgehead atoms.